The second-order valence-corrected chi connectivity index (χ2v) is 6.23. The van der Waals surface area contributed by atoms with Gasteiger partial charge in [0.25, 0.3) is 5.91 Å². The van der Waals surface area contributed by atoms with Crippen LogP contribution < -0.4 is 10.6 Å². The first-order valence-corrected chi connectivity index (χ1v) is 8.64. The lowest BCUT2D eigenvalue weighted by molar-refractivity contribution is 0.102. The molecular formula is C20H23N5O. The lowest BCUT2D eigenvalue weighted by atomic mass is 10.2. The maximum Gasteiger partial charge on any atom is 0.257 e. The molecule has 0 saturated carbocycles. The zero-order valence-electron chi connectivity index (χ0n) is 15.3. The molecule has 0 fully saturated rings. The minimum absolute atomic E-state index is 0.173. The third kappa shape index (κ3) is 4.27. The Hall–Kier alpha value is -3.15. The number of hydrogen-bond donors (Lipinski definition) is 2. The van der Waals surface area contributed by atoms with Gasteiger partial charge in [-0.15, -0.1) is 0 Å². The Labute approximate surface area is 153 Å². The van der Waals surface area contributed by atoms with Crippen molar-refractivity contribution >= 4 is 17.4 Å². The number of pyridine rings is 1. The van der Waals surface area contributed by atoms with Gasteiger partial charge in [0, 0.05) is 37.2 Å². The van der Waals surface area contributed by atoms with Crippen LogP contribution in [0.4, 0.5) is 11.5 Å². The SMILES string of the molecule is CCc1nn(C)cc1CNc1ccc(C(=O)Nc2ccc(C)cc2)cn1. The van der Waals surface area contributed by atoms with Crippen LogP contribution >= 0.6 is 0 Å². The van der Waals surface area contributed by atoms with Crippen molar-refractivity contribution in [3.8, 4) is 0 Å². The number of carbonyl (C=O) groups is 1. The molecule has 6 heteroatoms. The third-order valence-corrected chi connectivity index (χ3v) is 4.12. The number of hydrogen-bond acceptors (Lipinski definition) is 4. The lowest BCUT2D eigenvalue weighted by Crippen LogP contribution is -2.12. The Morgan fingerprint density at radius 2 is 1.92 bits per heavy atom. The number of nitrogens with one attached hydrogen (secondary N) is 2. The van der Waals surface area contributed by atoms with Crippen molar-refractivity contribution in [2.75, 3.05) is 10.6 Å². The van der Waals surface area contributed by atoms with E-state index in [0.717, 1.165) is 34.7 Å². The molecule has 0 spiro atoms. The molecule has 3 rings (SSSR count). The molecule has 134 valence electrons. The zero-order chi connectivity index (χ0) is 18.5. The van der Waals surface area contributed by atoms with Crippen molar-refractivity contribution in [1.29, 1.82) is 0 Å². The third-order valence-electron chi connectivity index (χ3n) is 4.12. The highest BCUT2D eigenvalue weighted by Gasteiger charge is 2.08. The average molecular weight is 349 g/mol. The van der Waals surface area contributed by atoms with Gasteiger partial charge in [0.05, 0.1) is 11.3 Å². The topological polar surface area (TPSA) is 71.8 Å². The van der Waals surface area contributed by atoms with Crippen molar-refractivity contribution in [3.63, 3.8) is 0 Å². The van der Waals surface area contributed by atoms with Crippen LogP contribution in [0.25, 0.3) is 0 Å². The second-order valence-electron chi connectivity index (χ2n) is 6.23. The van der Waals surface area contributed by atoms with E-state index in [9.17, 15) is 4.79 Å². The lowest BCUT2D eigenvalue weighted by Gasteiger charge is -2.08. The first kappa shape index (κ1) is 17.7. The number of anilines is 2. The van der Waals surface area contributed by atoms with E-state index < -0.39 is 0 Å². The van der Waals surface area contributed by atoms with Crippen LogP contribution in [0, 0.1) is 6.92 Å². The Balaban J connectivity index is 1.60. The van der Waals surface area contributed by atoms with Gasteiger partial charge in [-0.05, 0) is 37.6 Å². The second kappa shape index (κ2) is 7.82. The summed E-state index contributed by atoms with van der Waals surface area (Å²) in [7, 11) is 1.92. The largest absolute Gasteiger partial charge is 0.366 e. The van der Waals surface area contributed by atoms with Crippen LogP contribution in [0.1, 0.15) is 34.1 Å². The molecule has 1 amide bonds. The van der Waals surface area contributed by atoms with E-state index in [1.807, 2.05) is 55.2 Å². The Bertz CT molecular complexity index is 882. The molecule has 3 aromatic rings. The van der Waals surface area contributed by atoms with Gasteiger partial charge in [-0.2, -0.15) is 5.10 Å². The summed E-state index contributed by atoms with van der Waals surface area (Å²) in [5.41, 5.74) is 4.67. The predicted octanol–water partition coefficient (Wildman–Crippen LogP) is 3.55. The molecular weight excluding hydrogens is 326 g/mol. The minimum atomic E-state index is -0.173. The highest BCUT2D eigenvalue weighted by Crippen LogP contribution is 2.13. The standard InChI is InChI=1S/C20H23N5O/c1-4-18-16(13-25(3)24-18)12-22-19-10-7-15(11-21-19)20(26)23-17-8-5-14(2)6-9-17/h5-11,13H,4,12H2,1-3H3,(H,21,22)(H,23,26). The van der Waals surface area contributed by atoms with Gasteiger partial charge in [-0.25, -0.2) is 4.98 Å². The number of aryl methyl sites for hydroxylation is 3. The smallest absolute Gasteiger partial charge is 0.257 e. The van der Waals surface area contributed by atoms with Crippen LogP contribution in [0.5, 0.6) is 0 Å². The van der Waals surface area contributed by atoms with Gasteiger partial charge in [0.1, 0.15) is 5.82 Å². The normalized spacial score (nSPS) is 10.6. The molecule has 1 aromatic carbocycles. The van der Waals surface area contributed by atoms with Gasteiger partial charge < -0.3 is 10.6 Å². The molecule has 0 aliphatic carbocycles. The molecule has 2 N–H and O–H groups in total. The van der Waals surface area contributed by atoms with E-state index in [1.165, 1.54) is 0 Å². The highest BCUT2D eigenvalue weighted by atomic mass is 16.1. The van der Waals surface area contributed by atoms with Crippen LogP contribution in [0.3, 0.4) is 0 Å². The van der Waals surface area contributed by atoms with Gasteiger partial charge in [-0.1, -0.05) is 24.6 Å². The summed E-state index contributed by atoms with van der Waals surface area (Å²) in [5.74, 6) is 0.552. The van der Waals surface area contributed by atoms with Crippen LogP contribution in [-0.4, -0.2) is 20.7 Å². The van der Waals surface area contributed by atoms with Gasteiger partial charge in [-0.3, -0.25) is 9.48 Å². The molecule has 0 radical (unpaired) electrons. The Morgan fingerprint density at radius 3 is 2.58 bits per heavy atom. The molecule has 0 bridgehead atoms. The zero-order valence-corrected chi connectivity index (χ0v) is 15.3. The fraction of sp³-hybridized carbons (Fsp3) is 0.250. The average Bonchev–Trinajstić information content (AvgIpc) is 3.02. The molecule has 0 unspecified atom stereocenters. The quantitative estimate of drug-likeness (QED) is 0.714. The van der Waals surface area contributed by atoms with Gasteiger partial charge in [0.2, 0.25) is 0 Å². The number of aromatic nitrogens is 3. The summed E-state index contributed by atoms with van der Waals surface area (Å²) in [6.45, 7) is 4.75. The highest BCUT2D eigenvalue weighted by molar-refractivity contribution is 6.04. The number of benzene rings is 1. The van der Waals surface area contributed by atoms with E-state index >= 15 is 0 Å². The molecule has 0 atom stereocenters. The predicted molar refractivity (Wildman–Crippen MR) is 103 cm³/mol. The molecule has 0 aliphatic rings. The molecule has 6 nitrogen and oxygen atoms in total. The fourth-order valence-corrected chi connectivity index (χ4v) is 2.69. The summed E-state index contributed by atoms with van der Waals surface area (Å²) in [5, 5.41) is 10.6. The molecule has 0 aliphatic heterocycles. The number of amides is 1. The Morgan fingerprint density at radius 1 is 1.15 bits per heavy atom. The monoisotopic (exact) mass is 349 g/mol. The van der Waals surface area contributed by atoms with Crippen LogP contribution in [-0.2, 0) is 20.0 Å². The van der Waals surface area contributed by atoms with Gasteiger partial charge >= 0.3 is 0 Å². The van der Waals surface area contributed by atoms with Crippen molar-refractivity contribution in [2.24, 2.45) is 7.05 Å². The number of nitrogens with zero attached hydrogens (tertiary/aromatic N) is 3. The molecule has 2 heterocycles. The molecule has 2 aromatic heterocycles. The first-order valence-electron chi connectivity index (χ1n) is 8.64. The Kier molecular flexibility index (Phi) is 5.31. The summed E-state index contributed by atoms with van der Waals surface area (Å²) in [6, 6.07) is 11.3. The summed E-state index contributed by atoms with van der Waals surface area (Å²) in [4.78, 5) is 16.6. The van der Waals surface area contributed by atoms with Crippen LogP contribution in [0.2, 0.25) is 0 Å². The van der Waals surface area contributed by atoms with Gasteiger partial charge in [0.15, 0.2) is 0 Å². The van der Waals surface area contributed by atoms with Crippen molar-refractivity contribution < 1.29 is 4.79 Å². The van der Waals surface area contributed by atoms with Crippen molar-refractivity contribution in [3.05, 3.63) is 71.2 Å². The van der Waals surface area contributed by atoms with E-state index in [1.54, 1.807) is 12.3 Å². The summed E-state index contributed by atoms with van der Waals surface area (Å²) in [6.07, 6.45) is 4.48. The van der Waals surface area contributed by atoms with E-state index in [4.69, 9.17) is 0 Å². The number of rotatable bonds is 6. The van der Waals surface area contributed by atoms with Crippen molar-refractivity contribution in [1.82, 2.24) is 14.8 Å². The van der Waals surface area contributed by atoms with Crippen molar-refractivity contribution in [2.45, 2.75) is 26.8 Å². The molecule has 0 saturated heterocycles. The van der Waals surface area contributed by atoms with Crippen LogP contribution in [0.15, 0.2) is 48.8 Å². The van der Waals surface area contributed by atoms with E-state index in [0.29, 0.717) is 12.1 Å². The first-order chi connectivity index (χ1) is 12.5. The van der Waals surface area contributed by atoms with E-state index in [-0.39, 0.29) is 5.91 Å². The minimum Gasteiger partial charge on any atom is -0.366 e. The maximum atomic E-state index is 12.3. The summed E-state index contributed by atoms with van der Waals surface area (Å²) < 4.78 is 1.82. The fourth-order valence-electron chi connectivity index (χ4n) is 2.69. The molecule has 26 heavy (non-hydrogen) atoms. The van der Waals surface area contributed by atoms with E-state index in [2.05, 4.69) is 27.6 Å². The maximum absolute atomic E-state index is 12.3. The number of carbonyl (C=O) groups excluding carboxylic acids is 1. The summed E-state index contributed by atoms with van der Waals surface area (Å²) >= 11 is 0.